The number of sulfone groups is 1. The Bertz CT molecular complexity index is 1360. The summed E-state index contributed by atoms with van der Waals surface area (Å²) in [5.74, 6) is 0.204. The van der Waals surface area contributed by atoms with Gasteiger partial charge in [0.05, 0.1) is 39.9 Å². The maximum Gasteiger partial charge on any atom is 0.254 e. The molecule has 3 aromatic rings. The molecule has 35 heavy (non-hydrogen) atoms. The standard InChI is InChI=1S/C27H34N4O3S/c1-4-19-10-12-20(13-11-19)24-16-23(27(32)30(3)21-8-6-5-7-9-21)25-18(2)29-31(26(25)28-24)22-14-15-35(33,34)17-22/h10-13,16,21-22H,4-9,14-15,17H2,1-3H3. The number of benzene rings is 1. The molecular weight excluding hydrogens is 460 g/mol. The second-order valence-electron chi connectivity index (χ2n) is 10.1. The number of rotatable bonds is 5. The number of amides is 1. The monoisotopic (exact) mass is 494 g/mol. The van der Waals surface area contributed by atoms with E-state index in [9.17, 15) is 13.2 Å². The van der Waals surface area contributed by atoms with E-state index in [2.05, 4.69) is 19.1 Å². The molecule has 1 unspecified atom stereocenters. The first-order chi connectivity index (χ1) is 16.8. The van der Waals surface area contributed by atoms with Gasteiger partial charge in [-0.3, -0.25) is 4.79 Å². The Morgan fingerprint density at radius 3 is 2.46 bits per heavy atom. The second-order valence-corrected chi connectivity index (χ2v) is 12.3. The molecule has 0 radical (unpaired) electrons. The molecule has 2 fully saturated rings. The van der Waals surface area contributed by atoms with Gasteiger partial charge < -0.3 is 4.90 Å². The first-order valence-electron chi connectivity index (χ1n) is 12.7. The van der Waals surface area contributed by atoms with Crippen molar-refractivity contribution in [1.29, 1.82) is 0 Å². The Hall–Kier alpha value is -2.74. The summed E-state index contributed by atoms with van der Waals surface area (Å²) < 4.78 is 26.2. The number of nitrogens with zero attached hydrogens (tertiary/aromatic N) is 4. The lowest BCUT2D eigenvalue weighted by Crippen LogP contribution is -2.38. The highest BCUT2D eigenvalue weighted by molar-refractivity contribution is 7.91. The summed E-state index contributed by atoms with van der Waals surface area (Å²) in [7, 11) is -1.18. The fourth-order valence-corrected chi connectivity index (χ4v) is 7.28. The highest BCUT2D eigenvalue weighted by atomic mass is 32.2. The van der Waals surface area contributed by atoms with Crippen molar-refractivity contribution >= 4 is 26.8 Å². The van der Waals surface area contributed by atoms with Gasteiger partial charge in [-0.25, -0.2) is 18.1 Å². The molecule has 0 bridgehead atoms. The van der Waals surface area contributed by atoms with Gasteiger partial charge in [-0.2, -0.15) is 5.10 Å². The number of carbonyl (C=O) groups excluding carboxylic acids is 1. The smallest absolute Gasteiger partial charge is 0.254 e. The Balaban J connectivity index is 1.66. The average Bonchev–Trinajstić information content (AvgIpc) is 3.41. The van der Waals surface area contributed by atoms with E-state index < -0.39 is 9.84 Å². The molecule has 2 aromatic heterocycles. The molecule has 2 aliphatic rings. The van der Waals surface area contributed by atoms with Gasteiger partial charge in [-0.1, -0.05) is 50.5 Å². The van der Waals surface area contributed by atoms with Crippen LogP contribution in [0.25, 0.3) is 22.3 Å². The lowest BCUT2D eigenvalue weighted by molar-refractivity contribution is 0.0698. The van der Waals surface area contributed by atoms with Crippen LogP contribution in [-0.2, 0) is 16.3 Å². The van der Waals surface area contributed by atoms with Crippen molar-refractivity contribution in [2.24, 2.45) is 0 Å². The van der Waals surface area contributed by atoms with Gasteiger partial charge in [0.15, 0.2) is 15.5 Å². The van der Waals surface area contributed by atoms with E-state index in [4.69, 9.17) is 10.1 Å². The van der Waals surface area contributed by atoms with Gasteiger partial charge in [-0.05, 0) is 44.2 Å². The van der Waals surface area contributed by atoms with Gasteiger partial charge in [0.2, 0.25) is 0 Å². The molecule has 0 N–H and O–H groups in total. The number of fused-ring (bicyclic) bond motifs is 1. The zero-order valence-corrected chi connectivity index (χ0v) is 21.6. The zero-order valence-electron chi connectivity index (χ0n) is 20.8. The average molecular weight is 495 g/mol. The van der Waals surface area contributed by atoms with Crippen molar-refractivity contribution in [3.05, 3.63) is 47.2 Å². The predicted molar refractivity (Wildman–Crippen MR) is 138 cm³/mol. The topological polar surface area (TPSA) is 85.2 Å². The predicted octanol–water partition coefficient (Wildman–Crippen LogP) is 4.73. The van der Waals surface area contributed by atoms with Crippen molar-refractivity contribution in [3.8, 4) is 11.3 Å². The van der Waals surface area contributed by atoms with Crippen LogP contribution in [0.4, 0.5) is 0 Å². The van der Waals surface area contributed by atoms with Crippen molar-refractivity contribution in [2.75, 3.05) is 18.6 Å². The van der Waals surface area contributed by atoms with Gasteiger partial charge >= 0.3 is 0 Å². The number of aryl methyl sites for hydroxylation is 2. The van der Waals surface area contributed by atoms with E-state index in [1.54, 1.807) is 4.68 Å². The van der Waals surface area contributed by atoms with Crippen LogP contribution in [0.5, 0.6) is 0 Å². The lowest BCUT2D eigenvalue weighted by atomic mass is 9.93. The number of pyridine rings is 1. The summed E-state index contributed by atoms with van der Waals surface area (Å²) in [4.78, 5) is 20.8. The highest BCUT2D eigenvalue weighted by Gasteiger charge is 2.33. The van der Waals surface area contributed by atoms with Crippen LogP contribution in [0.3, 0.4) is 0 Å². The Morgan fingerprint density at radius 1 is 1.11 bits per heavy atom. The first kappa shape index (κ1) is 24.0. The molecule has 7 nitrogen and oxygen atoms in total. The number of carbonyl (C=O) groups is 1. The number of aromatic nitrogens is 3. The lowest BCUT2D eigenvalue weighted by Gasteiger charge is -2.31. The normalized spacial score (nSPS) is 20.4. The van der Waals surface area contributed by atoms with Crippen LogP contribution >= 0.6 is 0 Å². The minimum atomic E-state index is -3.09. The molecule has 8 heteroatoms. The number of hydrogen-bond donors (Lipinski definition) is 0. The summed E-state index contributed by atoms with van der Waals surface area (Å²) in [5, 5.41) is 5.47. The van der Waals surface area contributed by atoms with Gasteiger partial charge in [0.1, 0.15) is 0 Å². The van der Waals surface area contributed by atoms with Crippen LogP contribution in [-0.4, -0.2) is 58.6 Å². The van der Waals surface area contributed by atoms with Crippen LogP contribution < -0.4 is 0 Å². The molecule has 0 spiro atoms. The summed E-state index contributed by atoms with van der Waals surface area (Å²) in [6.45, 7) is 4.01. The quantitative estimate of drug-likeness (QED) is 0.512. The van der Waals surface area contributed by atoms with Gasteiger partial charge in [0.25, 0.3) is 5.91 Å². The third-order valence-electron chi connectivity index (χ3n) is 7.72. The highest BCUT2D eigenvalue weighted by Crippen LogP contribution is 2.33. The largest absolute Gasteiger partial charge is 0.339 e. The molecule has 1 amide bonds. The van der Waals surface area contributed by atoms with E-state index in [1.807, 2.05) is 37.1 Å². The molecular formula is C27H34N4O3S. The molecule has 1 aliphatic carbocycles. The second kappa shape index (κ2) is 9.37. The fourth-order valence-electron chi connectivity index (χ4n) is 5.59. The van der Waals surface area contributed by atoms with E-state index >= 15 is 0 Å². The minimum Gasteiger partial charge on any atom is -0.339 e. The van der Waals surface area contributed by atoms with Crippen LogP contribution in [0.2, 0.25) is 0 Å². The summed E-state index contributed by atoms with van der Waals surface area (Å²) in [5.41, 5.74) is 4.79. The Morgan fingerprint density at radius 2 is 1.83 bits per heavy atom. The van der Waals surface area contributed by atoms with Crippen LogP contribution in [0.15, 0.2) is 30.3 Å². The van der Waals surface area contributed by atoms with Crippen molar-refractivity contribution in [2.45, 2.75) is 70.9 Å². The third-order valence-corrected chi connectivity index (χ3v) is 9.47. The molecule has 186 valence electrons. The Labute approximate surface area is 207 Å². The summed E-state index contributed by atoms with van der Waals surface area (Å²) in [6.07, 6.45) is 7.05. The SMILES string of the molecule is CCc1ccc(-c2cc(C(=O)N(C)C3CCCCC3)c3c(C)nn(C4CCS(=O)(=O)C4)c3n2)cc1. The molecule has 1 aromatic carbocycles. The zero-order chi connectivity index (χ0) is 24.7. The van der Waals surface area contributed by atoms with Crippen molar-refractivity contribution in [1.82, 2.24) is 19.7 Å². The molecule has 1 saturated carbocycles. The first-order valence-corrected chi connectivity index (χ1v) is 14.6. The molecule has 3 heterocycles. The Kier molecular flexibility index (Phi) is 6.42. The number of hydrogen-bond acceptors (Lipinski definition) is 5. The van der Waals surface area contributed by atoms with Crippen molar-refractivity contribution < 1.29 is 13.2 Å². The minimum absolute atomic E-state index is 0.0163. The molecule has 1 atom stereocenters. The van der Waals surface area contributed by atoms with E-state index in [1.165, 1.54) is 12.0 Å². The van der Waals surface area contributed by atoms with E-state index in [-0.39, 0.29) is 29.5 Å². The summed E-state index contributed by atoms with van der Waals surface area (Å²) >= 11 is 0. The van der Waals surface area contributed by atoms with Crippen LogP contribution in [0.1, 0.15) is 73.1 Å². The van der Waals surface area contributed by atoms with Crippen molar-refractivity contribution in [3.63, 3.8) is 0 Å². The van der Waals surface area contributed by atoms with Gasteiger partial charge in [0, 0.05) is 18.7 Å². The van der Waals surface area contributed by atoms with E-state index in [0.29, 0.717) is 29.0 Å². The van der Waals surface area contributed by atoms with Gasteiger partial charge in [-0.15, -0.1) is 0 Å². The molecule has 5 rings (SSSR count). The third kappa shape index (κ3) is 4.60. The molecule has 1 aliphatic heterocycles. The van der Waals surface area contributed by atoms with E-state index in [0.717, 1.165) is 43.1 Å². The summed E-state index contributed by atoms with van der Waals surface area (Å²) in [6, 6.07) is 10.1. The van der Waals surface area contributed by atoms with Crippen LogP contribution in [0, 0.1) is 6.92 Å². The maximum absolute atomic E-state index is 13.9. The fraction of sp³-hybridized carbons (Fsp3) is 0.519. The maximum atomic E-state index is 13.9. The molecule has 1 saturated heterocycles.